The molecule has 0 saturated heterocycles. The summed E-state index contributed by atoms with van der Waals surface area (Å²) in [5.41, 5.74) is 6.63. The van der Waals surface area contributed by atoms with E-state index in [9.17, 15) is 0 Å². The molecule has 1 aromatic carbocycles. The third-order valence-corrected chi connectivity index (χ3v) is 2.93. The second-order valence-electron chi connectivity index (χ2n) is 4.00. The largest absolute Gasteiger partial charge is 0.438 e. The number of nitrogens with two attached hydrogens (primary N) is 1. The van der Waals surface area contributed by atoms with Crippen LogP contribution in [-0.2, 0) is 6.42 Å². The van der Waals surface area contributed by atoms with Crippen molar-refractivity contribution in [1.82, 2.24) is 9.97 Å². The van der Waals surface area contributed by atoms with Crippen molar-refractivity contribution in [1.29, 1.82) is 0 Å². The van der Waals surface area contributed by atoms with Crippen LogP contribution in [0.4, 0.5) is 5.82 Å². The van der Waals surface area contributed by atoms with Crippen LogP contribution in [0.25, 0.3) is 0 Å². The Hall–Kier alpha value is -1.52. The van der Waals surface area contributed by atoms with Crippen LogP contribution in [-0.4, -0.2) is 9.97 Å². The molecule has 0 bridgehead atoms. The van der Waals surface area contributed by atoms with Gasteiger partial charge in [-0.3, -0.25) is 0 Å². The summed E-state index contributed by atoms with van der Waals surface area (Å²) in [7, 11) is 0. The molecule has 2 aromatic rings. The lowest BCUT2D eigenvalue weighted by molar-refractivity contribution is 0.454. The minimum absolute atomic E-state index is 0.431. The van der Waals surface area contributed by atoms with Crippen molar-refractivity contribution in [2.75, 3.05) is 5.73 Å². The van der Waals surface area contributed by atoms with Crippen molar-refractivity contribution < 1.29 is 4.74 Å². The molecule has 2 N–H and O–H groups in total. The SMILES string of the molecule is CCCc1c(N)ncnc1Oc1cc(Cl)cc(Cl)c1. The van der Waals surface area contributed by atoms with Crippen molar-refractivity contribution in [2.45, 2.75) is 19.8 Å². The van der Waals surface area contributed by atoms with Gasteiger partial charge in [0.2, 0.25) is 5.88 Å². The summed E-state index contributed by atoms with van der Waals surface area (Å²) in [5, 5.41) is 1.00. The lowest BCUT2D eigenvalue weighted by Crippen LogP contribution is -2.02. The average Bonchev–Trinajstić information content (AvgIpc) is 2.32. The zero-order valence-electron chi connectivity index (χ0n) is 10.4. The number of hydrogen-bond acceptors (Lipinski definition) is 4. The maximum atomic E-state index is 5.93. The number of nitrogen functional groups attached to an aromatic ring is 1. The van der Waals surface area contributed by atoms with E-state index in [0.29, 0.717) is 27.5 Å². The van der Waals surface area contributed by atoms with Gasteiger partial charge in [0.05, 0.1) is 5.56 Å². The number of nitrogens with zero attached hydrogens (tertiary/aromatic N) is 2. The molecule has 0 aliphatic heterocycles. The Morgan fingerprint density at radius 1 is 1.16 bits per heavy atom. The van der Waals surface area contributed by atoms with Crippen LogP contribution in [0.15, 0.2) is 24.5 Å². The summed E-state index contributed by atoms with van der Waals surface area (Å²) in [6.45, 7) is 2.05. The molecule has 2 rings (SSSR count). The maximum absolute atomic E-state index is 5.93. The first kappa shape index (κ1) is 13.9. The predicted octanol–water partition coefficient (Wildman–Crippen LogP) is 4.11. The molecular formula is C13H13Cl2N3O. The van der Waals surface area contributed by atoms with Crippen molar-refractivity contribution >= 4 is 29.0 Å². The standard InChI is InChI=1S/C13H13Cl2N3O/c1-2-3-11-12(16)17-7-18-13(11)19-10-5-8(14)4-9(15)6-10/h4-7H,2-3H2,1H3,(H2,16,17,18). The molecule has 100 valence electrons. The Bertz CT molecular complexity index is 570. The summed E-state index contributed by atoms with van der Waals surface area (Å²) in [5.74, 6) is 1.39. The number of aromatic nitrogens is 2. The average molecular weight is 298 g/mol. The molecule has 4 nitrogen and oxygen atoms in total. The highest BCUT2D eigenvalue weighted by molar-refractivity contribution is 6.34. The topological polar surface area (TPSA) is 61.0 Å². The fraction of sp³-hybridized carbons (Fsp3) is 0.231. The van der Waals surface area contributed by atoms with Crippen LogP contribution in [0.5, 0.6) is 11.6 Å². The van der Waals surface area contributed by atoms with Gasteiger partial charge in [0, 0.05) is 10.0 Å². The van der Waals surface area contributed by atoms with E-state index in [1.165, 1.54) is 6.33 Å². The first-order chi connectivity index (χ1) is 9.10. The van der Waals surface area contributed by atoms with Crippen molar-refractivity contribution in [3.63, 3.8) is 0 Å². The number of hydrogen-bond donors (Lipinski definition) is 1. The summed E-state index contributed by atoms with van der Waals surface area (Å²) in [4.78, 5) is 8.08. The van der Waals surface area contributed by atoms with E-state index < -0.39 is 0 Å². The number of anilines is 1. The number of halogens is 2. The van der Waals surface area contributed by atoms with Gasteiger partial charge >= 0.3 is 0 Å². The van der Waals surface area contributed by atoms with Gasteiger partial charge in [-0.25, -0.2) is 9.97 Å². The van der Waals surface area contributed by atoms with Crippen molar-refractivity contribution in [3.8, 4) is 11.6 Å². The smallest absolute Gasteiger partial charge is 0.227 e. The molecule has 1 aromatic heterocycles. The Morgan fingerprint density at radius 2 is 1.84 bits per heavy atom. The van der Waals surface area contributed by atoms with Crippen LogP contribution in [0.2, 0.25) is 10.0 Å². The molecule has 19 heavy (non-hydrogen) atoms. The Labute approximate surface area is 121 Å². The molecule has 0 aliphatic rings. The second kappa shape index (κ2) is 6.08. The predicted molar refractivity (Wildman–Crippen MR) is 77.0 cm³/mol. The summed E-state index contributed by atoms with van der Waals surface area (Å²) in [6.07, 6.45) is 3.04. The number of ether oxygens (including phenoxy) is 1. The molecule has 6 heteroatoms. The highest BCUT2D eigenvalue weighted by atomic mass is 35.5. The second-order valence-corrected chi connectivity index (χ2v) is 4.87. The molecule has 0 aliphatic carbocycles. The van der Waals surface area contributed by atoms with Crippen molar-refractivity contribution in [2.24, 2.45) is 0 Å². The fourth-order valence-corrected chi connectivity index (χ4v) is 2.19. The molecule has 0 amide bonds. The van der Waals surface area contributed by atoms with Crippen LogP contribution < -0.4 is 10.5 Å². The Balaban J connectivity index is 2.34. The molecule has 0 saturated carbocycles. The molecule has 0 unspecified atom stereocenters. The molecule has 0 atom stereocenters. The zero-order chi connectivity index (χ0) is 13.8. The normalized spacial score (nSPS) is 10.5. The van der Waals surface area contributed by atoms with Gasteiger partial charge in [-0.05, 0) is 24.6 Å². The zero-order valence-corrected chi connectivity index (χ0v) is 11.9. The van der Waals surface area contributed by atoms with Gasteiger partial charge < -0.3 is 10.5 Å². The van der Waals surface area contributed by atoms with E-state index in [-0.39, 0.29) is 0 Å². The van der Waals surface area contributed by atoms with E-state index in [4.69, 9.17) is 33.7 Å². The Kier molecular flexibility index (Phi) is 4.45. The van der Waals surface area contributed by atoms with Crippen LogP contribution >= 0.6 is 23.2 Å². The minimum Gasteiger partial charge on any atom is -0.438 e. The molecule has 0 spiro atoms. The third kappa shape index (κ3) is 3.49. The summed E-state index contributed by atoms with van der Waals surface area (Å²) < 4.78 is 5.70. The molecule has 0 fully saturated rings. The first-order valence-corrected chi connectivity index (χ1v) is 6.59. The van der Waals surface area contributed by atoms with Crippen LogP contribution in [0, 0.1) is 0 Å². The molecule has 1 heterocycles. The minimum atomic E-state index is 0.431. The summed E-state index contributed by atoms with van der Waals surface area (Å²) >= 11 is 11.9. The molecular weight excluding hydrogens is 285 g/mol. The van der Waals surface area contributed by atoms with E-state index >= 15 is 0 Å². The van der Waals surface area contributed by atoms with E-state index in [1.807, 2.05) is 6.92 Å². The van der Waals surface area contributed by atoms with Gasteiger partial charge in [0.15, 0.2) is 0 Å². The summed E-state index contributed by atoms with van der Waals surface area (Å²) in [6, 6.07) is 4.97. The van der Waals surface area contributed by atoms with Gasteiger partial charge in [-0.2, -0.15) is 0 Å². The highest BCUT2D eigenvalue weighted by Gasteiger charge is 2.11. The lowest BCUT2D eigenvalue weighted by atomic mass is 10.2. The van der Waals surface area contributed by atoms with Crippen LogP contribution in [0.3, 0.4) is 0 Å². The third-order valence-electron chi connectivity index (χ3n) is 2.49. The van der Waals surface area contributed by atoms with Gasteiger partial charge in [-0.15, -0.1) is 0 Å². The Morgan fingerprint density at radius 3 is 2.47 bits per heavy atom. The van der Waals surface area contributed by atoms with Crippen molar-refractivity contribution in [3.05, 3.63) is 40.1 Å². The quantitative estimate of drug-likeness (QED) is 0.922. The highest BCUT2D eigenvalue weighted by Crippen LogP contribution is 2.30. The van der Waals surface area contributed by atoms with E-state index in [1.54, 1.807) is 18.2 Å². The maximum Gasteiger partial charge on any atom is 0.227 e. The van der Waals surface area contributed by atoms with Gasteiger partial charge in [-0.1, -0.05) is 36.5 Å². The number of rotatable bonds is 4. The lowest BCUT2D eigenvalue weighted by Gasteiger charge is -2.11. The molecule has 0 radical (unpaired) electrons. The van der Waals surface area contributed by atoms with E-state index in [0.717, 1.165) is 18.4 Å². The number of benzene rings is 1. The fourth-order valence-electron chi connectivity index (χ4n) is 1.68. The first-order valence-electron chi connectivity index (χ1n) is 5.83. The van der Waals surface area contributed by atoms with E-state index in [2.05, 4.69) is 9.97 Å². The van der Waals surface area contributed by atoms with Crippen LogP contribution in [0.1, 0.15) is 18.9 Å². The van der Waals surface area contributed by atoms with Gasteiger partial charge in [0.1, 0.15) is 17.9 Å². The van der Waals surface area contributed by atoms with Gasteiger partial charge in [0.25, 0.3) is 0 Å². The monoisotopic (exact) mass is 297 g/mol.